The van der Waals surface area contributed by atoms with E-state index in [0.29, 0.717) is 30.8 Å². The van der Waals surface area contributed by atoms with Gasteiger partial charge in [0.2, 0.25) is 5.91 Å². The Morgan fingerprint density at radius 3 is 2.91 bits per heavy atom. The smallest absolute Gasteiger partial charge is 0.225 e. The molecule has 3 heterocycles. The number of hydrogen-bond donors (Lipinski definition) is 1. The monoisotopic (exact) mass is 466 g/mol. The predicted molar refractivity (Wildman–Crippen MR) is 130 cm³/mol. The molecule has 6 heteroatoms. The zero-order chi connectivity index (χ0) is 23.7. The first-order valence-corrected chi connectivity index (χ1v) is 12.4. The van der Waals surface area contributed by atoms with Crippen LogP contribution in [0.4, 0.5) is 5.82 Å². The number of nitrogens with one attached hydrogen (secondary N) is 1. The zero-order valence-corrected chi connectivity index (χ0v) is 19.5. The minimum atomic E-state index is -0.0225. The fourth-order valence-corrected chi connectivity index (χ4v) is 5.61. The van der Waals surface area contributed by atoms with Gasteiger partial charge in [0.25, 0.3) is 0 Å². The normalized spacial score (nSPS) is 24.4. The number of amides is 1. The van der Waals surface area contributed by atoms with Gasteiger partial charge in [-0.3, -0.25) is 9.59 Å². The van der Waals surface area contributed by atoms with Gasteiger partial charge in [-0.05, 0) is 60.6 Å². The maximum Gasteiger partial charge on any atom is 0.225 e. The summed E-state index contributed by atoms with van der Waals surface area (Å²) < 4.78 is 12.4. The van der Waals surface area contributed by atoms with E-state index in [4.69, 9.17) is 9.47 Å². The number of Topliss-reactive ketones (excluding diaryl/α,β-unsaturated/α-hetero) is 1. The molecule has 7 rings (SSSR count). The first-order valence-electron chi connectivity index (χ1n) is 12.4. The molecular formula is C29H26N2O4. The maximum atomic E-state index is 13.1. The van der Waals surface area contributed by atoms with Crippen LogP contribution in [0.5, 0.6) is 17.2 Å². The number of pyridine rings is 1. The quantitative estimate of drug-likeness (QED) is 0.482. The number of benzene rings is 2. The lowest BCUT2D eigenvalue weighted by atomic mass is 9.94. The summed E-state index contributed by atoms with van der Waals surface area (Å²) in [5.41, 5.74) is 4.37. The van der Waals surface area contributed by atoms with Crippen molar-refractivity contribution < 1.29 is 19.1 Å². The van der Waals surface area contributed by atoms with Crippen LogP contribution in [0.3, 0.4) is 0 Å². The SMILES string of the molecule is CC1(c2cccc(C(=O)C[C@@H]3[C@H]4Oc5ccc(Oc6ccnc7c6CCC(=O)N7)cc5[C@@H]34)c2)CC1. The maximum absolute atomic E-state index is 13.1. The number of ketones is 1. The van der Waals surface area contributed by atoms with E-state index in [1.165, 1.54) is 18.4 Å². The van der Waals surface area contributed by atoms with E-state index in [1.807, 2.05) is 36.4 Å². The van der Waals surface area contributed by atoms with Gasteiger partial charge in [0.05, 0.1) is 0 Å². The van der Waals surface area contributed by atoms with Gasteiger partial charge >= 0.3 is 0 Å². The lowest BCUT2D eigenvalue weighted by molar-refractivity contribution is -0.116. The number of carbonyl (C=O) groups excluding carboxylic acids is 2. The van der Waals surface area contributed by atoms with E-state index in [9.17, 15) is 9.59 Å². The summed E-state index contributed by atoms with van der Waals surface area (Å²) in [6.07, 6.45) is 5.64. The molecule has 2 aromatic carbocycles. The molecule has 2 fully saturated rings. The second kappa shape index (κ2) is 7.41. The van der Waals surface area contributed by atoms with Crippen molar-refractivity contribution in [3.63, 3.8) is 0 Å². The molecule has 2 aliphatic carbocycles. The Balaban J connectivity index is 1.07. The average molecular weight is 467 g/mol. The van der Waals surface area contributed by atoms with Crippen LogP contribution in [-0.4, -0.2) is 22.8 Å². The highest BCUT2D eigenvalue weighted by Gasteiger charge is 2.59. The Kier molecular flexibility index (Phi) is 4.38. The summed E-state index contributed by atoms with van der Waals surface area (Å²) in [6.45, 7) is 2.27. The fraction of sp³-hybridized carbons (Fsp3) is 0.345. The standard InChI is InChI=1S/C29H26N2O4/c1-29(10-11-29)17-4-2-3-16(13-17)22(32)15-21-26-20-14-18(5-7-23(20)35-27(21)26)34-24-9-12-30-28-19(24)6-8-25(33)31-28/h2-5,7,9,12-14,21,26-27H,6,8,10-11,15H2,1H3,(H,30,31,33)/t21-,26-,27+/m0/s1. The molecule has 176 valence electrons. The molecule has 3 atom stereocenters. The molecule has 0 spiro atoms. The third-order valence-corrected chi connectivity index (χ3v) is 8.10. The highest BCUT2D eigenvalue weighted by atomic mass is 16.5. The van der Waals surface area contributed by atoms with E-state index in [-0.39, 0.29) is 35.0 Å². The van der Waals surface area contributed by atoms with E-state index >= 15 is 0 Å². The molecule has 35 heavy (non-hydrogen) atoms. The molecule has 4 aliphatic rings. The Bertz CT molecular complexity index is 1390. The molecule has 0 unspecified atom stereocenters. The first-order chi connectivity index (χ1) is 17.0. The van der Waals surface area contributed by atoms with Crippen LogP contribution >= 0.6 is 0 Å². The van der Waals surface area contributed by atoms with Crippen LogP contribution < -0.4 is 14.8 Å². The van der Waals surface area contributed by atoms with Crippen LogP contribution in [-0.2, 0) is 16.6 Å². The first kappa shape index (κ1) is 20.7. The highest BCUT2D eigenvalue weighted by molar-refractivity contribution is 5.97. The Hall–Kier alpha value is -3.67. The van der Waals surface area contributed by atoms with Crippen LogP contribution in [0.2, 0.25) is 0 Å². The van der Waals surface area contributed by atoms with Gasteiger partial charge < -0.3 is 14.8 Å². The molecule has 1 aromatic heterocycles. The predicted octanol–water partition coefficient (Wildman–Crippen LogP) is 5.56. The summed E-state index contributed by atoms with van der Waals surface area (Å²) in [5.74, 6) is 3.48. The Morgan fingerprint density at radius 1 is 1.17 bits per heavy atom. The highest BCUT2D eigenvalue weighted by Crippen LogP contribution is 2.60. The van der Waals surface area contributed by atoms with E-state index in [1.54, 1.807) is 6.20 Å². The average Bonchev–Trinajstić information content (AvgIpc) is 3.73. The van der Waals surface area contributed by atoms with Gasteiger partial charge in [0.1, 0.15) is 29.2 Å². The number of ether oxygens (including phenoxy) is 2. The summed E-state index contributed by atoms with van der Waals surface area (Å²) in [7, 11) is 0. The summed E-state index contributed by atoms with van der Waals surface area (Å²) in [6, 6.07) is 15.9. The number of anilines is 1. The van der Waals surface area contributed by atoms with Crippen LogP contribution in [0, 0.1) is 5.92 Å². The molecule has 2 saturated carbocycles. The Labute approximate surface area is 203 Å². The van der Waals surface area contributed by atoms with Crippen molar-refractivity contribution in [2.24, 2.45) is 5.92 Å². The minimum Gasteiger partial charge on any atom is -0.489 e. The van der Waals surface area contributed by atoms with E-state index in [0.717, 1.165) is 28.2 Å². The minimum absolute atomic E-state index is 0.0225. The largest absolute Gasteiger partial charge is 0.489 e. The van der Waals surface area contributed by atoms with Gasteiger partial charge in [-0.2, -0.15) is 0 Å². The molecule has 0 saturated heterocycles. The Morgan fingerprint density at radius 2 is 2.06 bits per heavy atom. The lowest BCUT2D eigenvalue weighted by Crippen LogP contribution is -2.20. The molecule has 1 N–H and O–H groups in total. The van der Waals surface area contributed by atoms with Gasteiger partial charge in [-0.25, -0.2) is 4.98 Å². The van der Waals surface area contributed by atoms with Gasteiger partial charge in [0, 0.05) is 47.6 Å². The summed E-state index contributed by atoms with van der Waals surface area (Å²) in [4.78, 5) is 29.1. The van der Waals surface area contributed by atoms with Gasteiger partial charge in [0.15, 0.2) is 5.78 Å². The third-order valence-electron chi connectivity index (χ3n) is 8.10. The lowest BCUT2D eigenvalue weighted by Gasteiger charge is -2.19. The molecule has 6 nitrogen and oxygen atoms in total. The molecule has 0 radical (unpaired) electrons. The molecule has 2 aliphatic heterocycles. The number of carbonyl (C=O) groups is 2. The van der Waals surface area contributed by atoms with Crippen LogP contribution in [0.15, 0.2) is 54.7 Å². The fourth-order valence-electron chi connectivity index (χ4n) is 5.61. The molecule has 3 aromatic rings. The number of fused-ring (bicyclic) bond motifs is 4. The second-order valence-electron chi connectivity index (χ2n) is 10.5. The molecule has 1 amide bonds. The van der Waals surface area contributed by atoms with Crippen molar-refractivity contribution in [3.05, 3.63) is 77.0 Å². The van der Waals surface area contributed by atoms with Crippen LogP contribution in [0.25, 0.3) is 0 Å². The number of rotatable bonds is 6. The van der Waals surface area contributed by atoms with Crippen LogP contribution in [0.1, 0.15) is 65.6 Å². The van der Waals surface area contributed by atoms with Crippen molar-refractivity contribution in [1.82, 2.24) is 4.98 Å². The van der Waals surface area contributed by atoms with Gasteiger partial charge in [-0.15, -0.1) is 0 Å². The number of hydrogen-bond acceptors (Lipinski definition) is 5. The topological polar surface area (TPSA) is 77.5 Å². The molecule has 0 bridgehead atoms. The number of aromatic nitrogens is 1. The van der Waals surface area contributed by atoms with Crippen molar-refractivity contribution >= 4 is 17.5 Å². The van der Waals surface area contributed by atoms with E-state index < -0.39 is 0 Å². The van der Waals surface area contributed by atoms with E-state index in [2.05, 4.69) is 29.4 Å². The van der Waals surface area contributed by atoms with Crippen molar-refractivity contribution in [1.29, 1.82) is 0 Å². The molecular weight excluding hydrogens is 440 g/mol. The van der Waals surface area contributed by atoms with Crippen molar-refractivity contribution in [2.75, 3.05) is 5.32 Å². The number of nitrogens with zero attached hydrogens (tertiary/aromatic N) is 1. The second-order valence-corrected chi connectivity index (χ2v) is 10.5. The third kappa shape index (κ3) is 3.51. The summed E-state index contributed by atoms with van der Waals surface area (Å²) >= 11 is 0. The van der Waals surface area contributed by atoms with Crippen molar-refractivity contribution in [2.45, 2.75) is 56.5 Å². The summed E-state index contributed by atoms with van der Waals surface area (Å²) in [5, 5.41) is 2.81. The van der Waals surface area contributed by atoms with Gasteiger partial charge in [-0.1, -0.05) is 25.1 Å². The zero-order valence-electron chi connectivity index (χ0n) is 19.5. The van der Waals surface area contributed by atoms with Crippen molar-refractivity contribution in [3.8, 4) is 17.2 Å².